The molecule has 1 atom stereocenters. The molecule has 0 bridgehead atoms. The lowest BCUT2D eigenvalue weighted by Crippen LogP contribution is -2.32. The summed E-state index contributed by atoms with van der Waals surface area (Å²) < 4.78 is 27.4. The molecule has 0 saturated heterocycles. The quantitative estimate of drug-likeness (QED) is 0.738. The van der Waals surface area contributed by atoms with E-state index in [0.717, 1.165) is 10.5 Å². The number of rotatable bonds is 7. The zero-order valence-corrected chi connectivity index (χ0v) is 15.8. The molecule has 0 aromatic heterocycles. The molecule has 24 heavy (non-hydrogen) atoms. The molecule has 0 heterocycles. The van der Waals surface area contributed by atoms with Crippen molar-refractivity contribution in [2.24, 2.45) is 5.73 Å². The minimum absolute atomic E-state index is 0.160. The molecule has 0 aliphatic heterocycles. The maximum absolute atomic E-state index is 12.4. The summed E-state index contributed by atoms with van der Waals surface area (Å²) in [5, 5.41) is 0. The number of hydrogen-bond acceptors (Lipinski definition) is 4. The van der Waals surface area contributed by atoms with Crippen molar-refractivity contribution in [2.45, 2.75) is 35.6 Å². The summed E-state index contributed by atoms with van der Waals surface area (Å²) >= 11 is 1.51. The fourth-order valence-corrected chi connectivity index (χ4v) is 3.94. The van der Waals surface area contributed by atoms with Crippen molar-refractivity contribution in [2.75, 3.05) is 12.8 Å². The zero-order valence-electron chi connectivity index (χ0n) is 14.2. The third kappa shape index (κ3) is 4.83. The lowest BCUT2D eigenvalue weighted by Gasteiger charge is -2.15. The number of nitrogens with two attached hydrogens (primary N) is 1. The van der Waals surface area contributed by atoms with Gasteiger partial charge in [0.1, 0.15) is 0 Å². The molecule has 0 saturated carbocycles. The molecule has 2 aromatic carbocycles. The molecule has 0 radical (unpaired) electrons. The molecular weight excluding hydrogens is 340 g/mol. The van der Waals surface area contributed by atoms with Crippen molar-refractivity contribution >= 4 is 21.8 Å². The van der Waals surface area contributed by atoms with Gasteiger partial charge in [-0.25, -0.2) is 13.1 Å². The highest BCUT2D eigenvalue weighted by Gasteiger charge is 2.16. The van der Waals surface area contributed by atoms with Crippen LogP contribution in [0.5, 0.6) is 0 Å². The zero-order chi connectivity index (χ0) is 17.7. The van der Waals surface area contributed by atoms with Gasteiger partial charge in [0.25, 0.3) is 0 Å². The van der Waals surface area contributed by atoms with Crippen LogP contribution in [0.2, 0.25) is 0 Å². The van der Waals surface area contributed by atoms with E-state index >= 15 is 0 Å². The highest BCUT2D eigenvalue weighted by atomic mass is 32.2. The van der Waals surface area contributed by atoms with E-state index in [2.05, 4.69) is 18.6 Å². The van der Waals surface area contributed by atoms with Gasteiger partial charge in [0.15, 0.2) is 0 Å². The van der Waals surface area contributed by atoms with Crippen LogP contribution in [0.1, 0.15) is 36.9 Å². The molecule has 0 spiro atoms. The van der Waals surface area contributed by atoms with Crippen molar-refractivity contribution < 1.29 is 8.42 Å². The topological polar surface area (TPSA) is 72.2 Å². The molecule has 6 heteroatoms. The second-order valence-electron chi connectivity index (χ2n) is 5.96. The van der Waals surface area contributed by atoms with E-state index in [1.807, 2.05) is 36.6 Å². The van der Waals surface area contributed by atoms with Gasteiger partial charge >= 0.3 is 0 Å². The number of nitrogens with one attached hydrogen (secondary N) is 1. The van der Waals surface area contributed by atoms with Crippen LogP contribution < -0.4 is 10.5 Å². The summed E-state index contributed by atoms with van der Waals surface area (Å²) in [6.07, 6.45) is 1.91. The maximum Gasteiger partial charge on any atom is 0.240 e. The van der Waals surface area contributed by atoms with Crippen LogP contribution >= 0.6 is 11.8 Å². The molecule has 130 valence electrons. The first-order chi connectivity index (χ1) is 11.3. The Morgan fingerprint density at radius 2 is 1.71 bits per heavy atom. The van der Waals surface area contributed by atoms with Crippen LogP contribution in [0, 0.1) is 0 Å². The van der Waals surface area contributed by atoms with Crippen molar-refractivity contribution in [3.63, 3.8) is 0 Å². The van der Waals surface area contributed by atoms with Gasteiger partial charge in [0, 0.05) is 17.5 Å². The van der Waals surface area contributed by atoms with Gasteiger partial charge in [-0.05, 0) is 41.5 Å². The standard InChI is InChI=1S/C18H24N2O2S2/c1-13(2)14-7-9-15(10-8-14)18(19)12-20-24(21,22)17-6-4-5-16(11-17)23-3/h4-11,13,18,20H,12,19H2,1-3H3. The fourth-order valence-electron chi connectivity index (χ4n) is 2.30. The van der Waals surface area contributed by atoms with E-state index in [-0.39, 0.29) is 17.5 Å². The van der Waals surface area contributed by atoms with E-state index in [4.69, 9.17) is 5.73 Å². The minimum atomic E-state index is -3.56. The highest BCUT2D eigenvalue weighted by molar-refractivity contribution is 7.98. The predicted octanol–water partition coefficient (Wildman–Crippen LogP) is 3.51. The monoisotopic (exact) mass is 364 g/mol. The van der Waals surface area contributed by atoms with Crippen LogP contribution in [0.3, 0.4) is 0 Å². The number of benzene rings is 2. The SMILES string of the molecule is CSc1cccc(S(=O)(=O)NCC(N)c2ccc(C(C)C)cc2)c1. The third-order valence-corrected chi connectivity index (χ3v) is 6.02. The Hall–Kier alpha value is -1.34. The molecule has 0 fully saturated rings. The normalized spacial score (nSPS) is 13.2. The van der Waals surface area contributed by atoms with Crippen molar-refractivity contribution in [3.8, 4) is 0 Å². The Labute approximate surface area is 148 Å². The first-order valence-corrected chi connectivity index (χ1v) is 10.5. The molecule has 1 unspecified atom stereocenters. The number of hydrogen-bond donors (Lipinski definition) is 2. The lowest BCUT2D eigenvalue weighted by molar-refractivity contribution is 0.572. The van der Waals surface area contributed by atoms with E-state index in [9.17, 15) is 8.42 Å². The van der Waals surface area contributed by atoms with Crippen LogP contribution in [0.15, 0.2) is 58.3 Å². The van der Waals surface area contributed by atoms with Crippen LogP contribution in [-0.4, -0.2) is 21.2 Å². The van der Waals surface area contributed by atoms with Gasteiger partial charge in [-0.1, -0.05) is 44.2 Å². The second-order valence-corrected chi connectivity index (χ2v) is 8.61. The molecule has 2 aromatic rings. The van der Waals surface area contributed by atoms with Crippen LogP contribution in [-0.2, 0) is 10.0 Å². The van der Waals surface area contributed by atoms with Gasteiger partial charge in [0.05, 0.1) is 4.90 Å². The molecule has 4 nitrogen and oxygen atoms in total. The second kappa shape index (κ2) is 8.16. The number of sulfonamides is 1. The van der Waals surface area contributed by atoms with E-state index in [0.29, 0.717) is 5.92 Å². The van der Waals surface area contributed by atoms with Crippen molar-refractivity contribution in [1.82, 2.24) is 4.72 Å². The Kier molecular flexibility index (Phi) is 6.46. The van der Waals surface area contributed by atoms with Gasteiger partial charge in [-0.15, -0.1) is 11.8 Å². The van der Waals surface area contributed by atoms with E-state index < -0.39 is 10.0 Å². The first-order valence-electron chi connectivity index (χ1n) is 7.82. The average Bonchev–Trinajstić information content (AvgIpc) is 2.60. The summed E-state index contributed by atoms with van der Waals surface area (Å²) in [6.45, 7) is 4.42. The molecular formula is C18H24N2O2S2. The summed E-state index contributed by atoms with van der Waals surface area (Å²) in [7, 11) is -3.56. The summed E-state index contributed by atoms with van der Waals surface area (Å²) in [5.41, 5.74) is 8.28. The Morgan fingerprint density at radius 1 is 1.08 bits per heavy atom. The third-order valence-electron chi connectivity index (χ3n) is 3.88. The highest BCUT2D eigenvalue weighted by Crippen LogP contribution is 2.20. The van der Waals surface area contributed by atoms with Crippen LogP contribution in [0.4, 0.5) is 0 Å². The minimum Gasteiger partial charge on any atom is -0.323 e. The molecule has 0 aliphatic rings. The fraction of sp³-hybridized carbons (Fsp3) is 0.333. The van der Waals surface area contributed by atoms with Gasteiger partial charge < -0.3 is 5.73 Å². The van der Waals surface area contributed by atoms with Gasteiger partial charge in [-0.2, -0.15) is 0 Å². The van der Waals surface area contributed by atoms with E-state index in [1.165, 1.54) is 17.3 Å². The Morgan fingerprint density at radius 3 is 2.29 bits per heavy atom. The summed E-state index contributed by atoms with van der Waals surface area (Å²) in [4.78, 5) is 1.17. The van der Waals surface area contributed by atoms with Gasteiger partial charge in [0.2, 0.25) is 10.0 Å². The van der Waals surface area contributed by atoms with Crippen molar-refractivity contribution in [3.05, 3.63) is 59.7 Å². The van der Waals surface area contributed by atoms with E-state index in [1.54, 1.807) is 18.2 Å². The summed E-state index contributed by atoms with van der Waals surface area (Å²) in [6, 6.07) is 14.5. The molecule has 3 N–H and O–H groups in total. The lowest BCUT2D eigenvalue weighted by atomic mass is 9.99. The largest absolute Gasteiger partial charge is 0.323 e. The maximum atomic E-state index is 12.4. The van der Waals surface area contributed by atoms with Gasteiger partial charge in [-0.3, -0.25) is 0 Å². The Bertz CT molecular complexity index is 772. The van der Waals surface area contributed by atoms with Crippen LogP contribution in [0.25, 0.3) is 0 Å². The van der Waals surface area contributed by atoms with Crippen molar-refractivity contribution in [1.29, 1.82) is 0 Å². The first kappa shape index (κ1) is 19.0. The smallest absolute Gasteiger partial charge is 0.240 e. The Balaban J connectivity index is 2.05. The molecule has 0 aliphatic carbocycles. The predicted molar refractivity (Wildman–Crippen MR) is 101 cm³/mol. The average molecular weight is 365 g/mol. The number of thioether (sulfide) groups is 1. The summed E-state index contributed by atoms with van der Waals surface area (Å²) in [5.74, 6) is 0.456. The molecule has 0 amide bonds. The molecule has 2 rings (SSSR count).